The Labute approximate surface area is 253 Å². The topological polar surface area (TPSA) is 9.23 Å². The normalized spacial score (nSPS) is 12.6. The molecule has 0 N–H and O–H groups in total. The molecule has 0 spiro atoms. The molecule has 9 rings (SSSR count). The maximum absolute atomic E-state index is 8.70. The average molecular weight is 549 g/mol. The zero-order chi connectivity index (χ0) is 30.1. The molecule has 0 atom stereocenters. The fourth-order valence-corrected chi connectivity index (χ4v) is 6.89. The number of hydrogen-bond acceptors (Lipinski definition) is 1. The van der Waals surface area contributed by atoms with Crippen LogP contribution < -0.4 is 4.74 Å². The molecule has 0 amide bonds. The van der Waals surface area contributed by atoms with Crippen LogP contribution in [0.15, 0.2) is 158 Å². The van der Waals surface area contributed by atoms with Gasteiger partial charge in [0, 0.05) is 10.9 Å². The molecule has 8 aromatic carbocycles. The highest BCUT2D eigenvalue weighted by molar-refractivity contribution is 6.24. The highest BCUT2D eigenvalue weighted by Gasteiger charge is 2.23. The van der Waals surface area contributed by atoms with Crippen molar-refractivity contribution in [2.75, 3.05) is 0 Å². The van der Waals surface area contributed by atoms with Gasteiger partial charge in [-0.3, -0.25) is 0 Å². The summed E-state index contributed by atoms with van der Waals surface area (Å²) in [4.78, 5) is 0. The van der Waals surface area contributed by atoms with Gasteiger partial charge in [0.05, 0.1) is 2.74 Å². The van der Waals surface area contributed by atoms with Crippen molar-refractivity contribution in [1.82, 2.24) is 0 Å². The lowest BCUT2D eigenvalue weighted by molar-refractivity contribution is 0.487. The summed E-state index contributed by atoms with van der Waals surface area (Å²) in [6.45, 7) is 0. The molecule has 0 saturated carbocycles. The SMILES string of the molecule is [2H]c1ccc2c(-c3ccc4c5c(cccc35)-c3ccccc3O4)c3cc([2H])ccc3c(-c3cccc(-c4ccccc4)c3)c2c1. The fraction of sp³-hybridized carbons (Fsp3) is 0. The molecule has 200 valence electrons. The predicted octanol–water partition coefficient (Wildman–Crippen LogP) is 11.9. The van der Waals surface area contributed by atoms with Crippen molar-refractivity contribution in [2.45, 2.75) is 0 Å². The Morgan fingerprint density at radius 3 is 1.86 bits per heavy atom. The van der Waals surface area contributed by atoms with E-state index in [4.69, 9.17) is 7.48 Å². The summed E-state index contributed by atoms with van der Waals surface area (Å²) in [6.07, 6.45) is 0. The first-order chi connectivity index (χ1) is 22.1. The summed E-state index contributed by atoms with van der Waals surface area (Å²) in [5.74, 6) is 1.71. The lowest BCUT2D eigenvalue weighted by atomic mass is 9.83. The fourth-order valence-electron chi connectivity index (χ4n) is 6.89. The number of ether oxygens (including phenoxy) is 1. The van der Waals surface area contributed by atoms with Crippen LogP contribution in [0.2, 0.25) is 0 Å². The van der Waals surface area contributed by atoms with Crippen molar-refractivity contribution in [3.05, 3.63) is 158 Å². The lowest BCUT2D eigenvalue weighted by Gasteiger charge is -2.24. The number of benzene rings is 8. The summed E-state index contributed by atoms with van der Waals surface area (Å²) in [5, 5.41) is 6.36. The van der Waals surface area contributed by atoms with Crippen LogP contribution in [-0.4, -0.2) is 0 Å². The van der Waals surface area contributed by atoms with Crippen LogP contribution in [0.1, 0.15) is 2.74 Å². The first-order valence-electron chi connectivity index (χ1n) is 15.6. The van der Waals surface area contributed by atoms with Crippen molar-refractivity contribution in [2.24, 2.45) is 0 Å². The summed E-state index contributed by atoms with van der Waals surface area (Å²) < 4.78 is 23.8. The Balaban J connectivity index is 1.39. The number of hydrogen-bond donors (Lipinski definition) is 0. The van der Waals surface area contributed by atoms with Gasteiger partial charge < -0.3 is 4.74 Å². The summed E-state index contributed by atoms with van der Waals surface area (Å²) >= 11 is 0. The Kier molecular flexibility index (Phi) is 4.83. The monoisotopic (exact) mass is 548 g/mol. The zero-order valence-corrected chi connectivity index (χ0v) is 23.3. The van der Waals surface area contributed by atoms with E-state index in [1.54, 1.807) is 0 Å². The molecule has 0 radical (unpaired) electrons. The Morgan fingerprint density at radius 1 is 0.372 bits per heavy atom. The van der Waals surface area contributed by atoms with Gasteiger partial charge in [0.25, 0.3) is 0 Å². The van der Waals surface area contributed by atoms with Crippen LogP contribution in [0, 0.1) is 0 Å². The van der Waals surface area contributed by atoms with Crippen molar-refractivity contribution in [1.29, 1.82) is 0 Å². The molecular formula is C42H26O. The summed E-state index contributed by atoms with van der Waals surface area (Å²) in [7, 11) is 0. The van der Waals surface area contributed by atoms with Crippen molar-refractivity contribution >= 4 is 32.3 Å². The van der Waals surface area contributed by atoms with Crippen LogP contribution in [0.25, 0.3) is 76.8 Å². The van der Waals surface area contributed by atoms with Crippen LogP contribution in [0.5, 0.6) is 11.5 Å². The van der Waals surface area contributed by atoms with E-state index in [1.165, 1.54) is 0 Å². The van der Waals surface area contributed by atoms with Gasteiger partial charge >= 0.3 is 0 Å². The highest BCUT2D eigenvalue weighted by Crippen LogP contribution is 2.51. The number of rotatable bonds is 3. The first-order valence-corrected chi connectivity index (χ1v) is 14.6. The van der Waals surface area contributed by atoms with Crippen molar-refractivity contribution in [3.63, 3.8) is 0 Å². The Bertz CT molecular complexity index is 2480. The van der Waals surface area contributed by atoms with Crippen LogP contribution in [0.4, 0.5) is 0 Å². The highest BCUT2D eigenvalue weighted by atomic mass is 16.5. The van der Waals surface area contributed by atoms with E-state index in [0.29, 0.717) is 12.1 Å². The van der Waals surface area contributed by atoms with E-state index in [9.17, 15) is 0 Å². The lowest BCUT2D eigenvalue weighted by Crippen LogP contribution is -1.98. The van der Waals surface area contributed by atoms with Crippen LogP contribution in [-0.2, 0) is 0 Å². The zero-order valence-electron chi connectivity index (χ0n) is 25.3. The third-order valence-electron chi connectivity index (χ3n) is 8.73. The molecule has 0 fully saturated rings. The van der Waals surface area contributed by atoms with Gasteiger partial charge in [-0.1, -0.05) is 133 Å². The first kappa shape index (κ1) is 22.0. The molecule has 0 aliphatic carbocycles. The van der Waals surface area contributed by atoms with Crippen molar-refractivity contribution < 1.29 is 7.48 Å². The smallest absolute Gasteiger partial charge is 0.135 e. The van der Waals surface area contributed by atoms with E-state index in [-0.39, 0.29) is 0 Å². The third-order valence-corrected chi connectivity index (χ3v) is 8.73. The minimum absolute atomic E-state index is 0.462. The summed E-state index contributed by atoms with van der Waals surface area (Å²) in [5.41, 5.74) is 8.86. The van der Waals surface area contributed by atoms with Gasteiger partial charge in [-0.15, -0.1) is 0 Å². The molecule has 0 aromatic heterocycles. The predicted molar refractivity (Wildman–Crippen MR) is 181 cm³/mol. The Morgan fingerprint density at radius 2 is 1.00 bits per heavy atom. The number of fused-ring (bicyclic) bond motifs is 4. The minimum atomic E-state index is 0.462. The second-order valence-corrected chi connectivity index (χ2v) is 11.1. The van der Waals surface area contributed by atoms with Crippen LogP contribution >= 0.6 is 0 Å². The second kappa shape index (κ2) is 9.44. The molecule has 1 aliphatic rings. The van der Waals surface area contributed by atoms with E-state index in [0.717, 1.165) is 88.3 Å². The largest absolute Gasteiger partial charge is 0.456 e. The minimum Gasteiger partial charge on any atom is -0.456 e. The molecule has 1 heteroatoms. The van der Waals surface area contributed by atoms with Gasteiger partial charge in [0.15, 0.2) is 0 Å². The van der Waals surface area contributed by atoms with Gasteiger partial charge in [0.1, 0.15) is 11.5 Å². The molecule has 0 saturated heterocycles. The quantitative estimate of drug-likeness (QED) is 0.200. The number of para-hydroxylation sites is 1. The Hall–Kier alpha value is -5.66. The van der Waals surface area contributed by atoms with E-state index in [2.05, 4.69) is 103 Å². The molecular weight excluding hydrogens is 520 g/mol. The van der Waals surface area contributed by atoms with E-state index < -0.39 is 0 Å². The molecule has 0 unspecified atom stereocenters. The van der Waals surface area contributed by atoms with Gasteiger partial charge in [0.2, 0.25) is 0 Å². The standard InChI is InChI=1S/C42H26O/c1-2-12-27(13-3-1)28-14-10-15-29(26-28)40-32-17-4-6-19-34(32)41(35-20-7-5-18-33(35)40)37-24-25-39-42-31(21-11-22-36(37)42)30-16-8-9-23-38(30)43-39/h1-26H/i4D,7D. The second-order valence-electron chi connectivity index (χ2n) is 11.1. The van der Waals surface area contributed by atoms with Crippen molar-refractivity contribution in [3.8, 4) is 56.0 Å². The summed E-state index contributed by atoms with van der Waals surface area (Å²) in [6, 6.07) is 50.8. The van der Waals surface area contributed by atoms with E-state index in [1.807, 2.05) is 42.5 Å². The molecule has 1 aliphatic heterocycles. The van der Waals surface area contributed by atoms with Gasteiger partial charge in [-0.25, -0.2) is 0 Å². The van der Waals surface area contributed by atoms with E-state index >= 15 is 0 Å². The molecule has 0 bridgehead atoms. The van der Waals surface area contributed by atoms with Gasteiger partial charge in [-0.05, 0) is 90.1 Å². The maximum Gasteiger partial charge on any atom is 0.135 e. The molecule has 43 heavy (non-hydrogen) atoms. The van der Waals surface area contributed by atoms with Gasteiger partial charge in [-0.2, -0.15) is 0 Å². The average Bonchev–Trinajstić information content (AvgIpc) is 3.08. The molecule has 1 heterocycles. The molecule has 8 aromatic rings. The van der Waals surface area contributed by atoms with Crippen LogP contribution in [0.3, 0.4) is 0 Å². The molecule has 1 nitrogen and oxygen atoms in total. The maximum atomic E-state index is 8.70. The third kappa shape index (κ3) is 3.65.